The maximum atomic E-state index is 13.9. The first-order valence-electron chi connectivity index (χ1n) is 8.68. The molecule has 0 saturated carbocycles. The molecule has 0 aliphatic heterocycles. The summed E-state index contributed by atoms with van der Waals surface area (Å²) in [5, 5.41) is 5.82. The molecule has 3 aromatic rings. The molecule has 0 aliphatic rings. The highest BCUT2D eigenvalue weighted by Crippen LogP contribution is 2.28. The summed E-state index contributed by atoms with van der Waals surface area (Å²) in [4.78, 5) is 16.6. The van der Waals surface area contributed by atoms with Crippen molar-refractivity contribution in [3.63, 3.8) is 0 Å². The Labute approximate surface area is 167 Å². The topological polar surface area (TPSA) is 63.2 Å². The van der Waals surface area contributed by atoms with Crippen molar-refractivity contribution < 1.29 is 13.9 Å². The van der Waals surface area contributed by atoms with Crippen LogP contribution in [0.2, 0.25) is 5.02 Å². The molecular formula is C21H19ClFN3O2. The summed E-state index contributed by atoms with van der Waals surface area (Å²) in [6, 6.07) is 15.0. The molecule has 7 heteroatoms. The lowest BCUT2D eigenvalue weighted by Crippen LogP contribution is -2.14. The van der Waals surface area contributed by atoms with Crippen molar-refractivity contribution in [2.24, 2.45) is 0 Å². The van der Waals surface area contributed by atoms with E-state index in [-0.39, 0.29) is 16.7 Å². The van der Waals surface area contributed by atoms with Crippen LogP contribution in [0.5, 0.6) is 5.75 Å². The fourth-order valence-corrected chi connectivity index (χ4v) is 2.76. The second-order valence-electron chi connectivity index (χ2n) is 6.27. The monoisotopic (exact) mass is 399 g/mol. The predicted octanol–water partition coefficient (Wildman–Crippen LogP) is 5.66. The molecule has 0 aliphatic carbocycles. The largest absolute Gasteiger partial charge is 0.489 e. The zero-order valence-corrected chi connectivity index (χ0v) is 16.1. The Morgan fingerprint density at radius 3 is 2.57 bits per heavy atom. The Balaban J connectivity index is 1.72. The number of anilines is 3. The normalized spacial score (nSPS) is 10.6. The summed E-state index contributed by atoms with van der Waals surface area (Å²) in [5.74, 6) is -0.0353. The van der Waals surface area contributed by atoms with E-state index in [0.717, 1.165) is 5.69 Å². The van der Waals surface area contributed by atoms with Crippen molar-refractivity contribution in [1.29, 1.82) is 0 Å². The number of halogens is 2. The molecule has 1 aromatic heterocycles. The number of para-hydroxylation sites is 2. The van der Waals surface area contributed by atoms with E-state index in [2.05, 4.69) is 15.6 Å². The molecule has 1 amide bonds. The van der Waals surface area contributed by atoms with Gasteiger partial charge in [0.05, 0.1) is 34.3 Å². The Morgan fingerprint density at radius 2 is 1.89 bits per heavy atom. The minimum atomic E-state index is -0.682. The fraction of sp³-hybridized carbons (Fsp3) is 0.143. The van der Waals surface area contributed by atoms with Gasteiger partial charge < -0.3 is 15.4 Å². The second kappa shape index (κ2) is 8.71. The standard InChI is InChI=1S/C21H19ClFN3O2/c1-13(2)28-18-9-4-3-8-17(18)26-19-11-10-14(12-24-19)25-21(27)20-15(22)6-5-7-16(20)23/h3-13H,1-2H3,(H,24,26)(H,25,27). The summed E-state index contributed by atoms with van der Waals surface area (Å²) in [6.45, 7) is 3.91. The van der Waals surface area contributed by atoms with Gasteiger partial charge in [0.25, 0.3) is 5.91 Å². The van der Waals surface area contributed by atoms with Crippen LogP contribution >= 0.6 is 11.6 Å². The summed E-state index contributed by atoms with van der Waals surface area (Å²) in [5.41, 5.74) is 0.992. The third-order valence-electron chi connectivity index (χ3n) is 3.72. The van der Waals surface area contributed by atoms with E-state index in [1.54, 1.807) is 12.1 Å². The number of carbonyl (C=O) groups excluding carboxylic acids is 1. The number of benzene rings is 2. The third kappa shape index (κ3) is 4.78. The van der Waals surface area contributed by atoms with Crippen LogP contribution < -0.4 is 15.4 Å². The zero-order valence-electron chi connectivity index (χ0n) is 15.4. The summed E-state index contributed by atoms with van der Waals surface area (Å²) in [6.07, 6.45) is 1.51. The Morgan fingerprint density at radius 1 is 1.11 bits per heavy atom. The number of rotatable bonds is 6. The fourth-order valence-electron chi connectivity index (χ4n) is 2.51. The number of hydrogen-bond donors (Lipinski definition) is 2. The quantitative estimate of drug-likeness (QED) is 0.561. The molecule has 28 heavy (non-hydrogen) atoms. The van der Waals surface area contributed by atoms with Crippen molar-refractivity contribution in [2.45, 2.75) is 20.0 Å². The second-order valence-corrected chi connectivity index (χ2v) is 6.68. The molecule has 5 nitrogen and oxygen atoms in total. The molecule has 0 spiro atoms. The molecule has 0 fully saturated rings. The minimum absolute atomic E-state index is 0.0405. The Hall–Kier alpha value is -3.12. The van der Waals surface area contributed by atoms with Gasteiger partial charge in [-0.25, -0.2) is 9.37 Å². The van der Waals surface area contributed by atoms with Gasteiger partial charge in [0.1, 0.15) is 17.4 Å². The van der Waals surface area contributed by atoms with E-state index in [4.69, 9.17) is 16.3 Å². The maximum absolute atomic E-state index is 13.9. The number of aromatic nitrogens is 1. The van der Waals surface area contributed by atoms with Crippen molar-refractivity contribution >= 4 is 34.7 Å². The minimum Gasteiger partial charge on any atom is -0.489 e. The molecule has 0 atom stereocenters. The smallest absolute Gasteiger partial charge is 0.260 e. The van der Waals surface area contributed by atoms with E-state index < -0.39 is 11.7 Å². The van der Waals surface area contributed by atoms with E-state index in [1.165, 1.54) is 24.4 Å². The molecule has 3 rings (SSSR count). The van der Waals surface area contributed by atoms with Crippen LogP contribution in [-0.2, 0) is 0 Å². The first kappa shape index (κ1) is 19.6. The molecule has 0 radical (unpaired) electrons. The molecule has 0 unspecified atom stereocenters. The molecule has 0 saturated heterocycles. The molecule has 144 valence electrons. The average molecular weight is 400 g/mol. The van der Waals surface area contributed by atoms with E-state index >= 15 is 0 Å². The summed E-state index contributed by atoms with van der Waals surface area (Å²) >= 11 is 5.92. The Bertz CT molecular complexity index is 957. The van der Waals surface area contributed by atoms with Crippen LogP contribution in [0.1, 0.15) is 24.2 Å². The highest BCUT2D eigenvalue weighted by molar-refractivity contribution is 6.34. The van der Waals surface area contributed by atoms with Crippen molar-refractivity contribution in [3.8, 4) is 5.75 Å². The van der Waals surface area contributed by atoms with Crippen LogP contribution in [0.3, 0.4) is 0 Å². The lowest BCUT2D eigenvalue weighted by Gasteiger charge is -2.15. The van der Waals surface area contributed by atoms with Gasteiger partial charge in [-0.15, -0.1) is 0 Å². The van der Waals surface area contributed by atoms with Crippen LogP contribution in [0.4, 0.5) is 21.6 Å². The van der Waals surface area contributed by atoms with Crippen molar-refractivity contribution in [2.75, 3.05) is 10.6 Å². The van der Waals surface area contributed by atoms with Crippen molar-refractivity contribution in [1.82, 2.24) is 4.98 Å². The van der Waals surface area contributed by atoms with E-state index in [9.17, 15) is 9.18 Å². The van der Waals surface area contributed by atoms with Gasteiger partial charge in [-0.2, -0.15) is 0 Å². The number of nitrogens with one attached hydrogen (secondary N) is 2. The number of carbonyl (C=O) groups is 1. The van der Waals surface area contributed by atoms with Crippen molar-refractivity contribution in [3.05, 3.63) is 77.2 Å². The van der Waals surface area contributed by atoms with Crippen LogP contribution in [0, 0.1) is 5.82 Å². The highest BCUT2D eigenvalue weighted by atomic mass is 35.5. The maximum Gasteiger partial charge on any atom is 0.260 e. The van der Waals surface area contributed by atoms with Gasteiger partial charge in [-0.05, 0) is 50.2 Å². The van der Waals surface area contributed by atoms with Gasteiger partial charge >= 0.3 is 0 Å². The van der Waals surface area contributed by atoms with Gasteiger partial charge in [-0.1, -0.05) is 29.8 Å². The molecule has 2 N–H and O–H groups in total. The first-order valence-corrected chi connectivity index (χ1v) is 9.06. The van der Waals surface area contributed by atoms with Gasteiger partial charge in [-0.3, -0.25) is 4.79 Å². The zero-order chi connectivity index (χ0) is 20.1. The lowest BCUT2D eigenvalue weighted by molar-refractivity contribution is 0.102. The Kier molecular flexibility index (Phi) is 6.11. The number of amides is 1. The summed E-state index contributed by atoms with van der Waals surface area (Å²) in [7, 11) is 0. The molecular weight excluding hydrogens is 381 g/mol. The van der Waals surface area contributed by atoms with Crippen LogP contribution in [0.25, 0.3) is 0 Å². The molecule has 0 bridgehead atoms. The number of ether oxygens (including phenoxy) is 1. The van der Waals surface area contributed by atoms with Crippen LogP contribution in [-0.4, -0.2) is 17.0 Å². The highest BCUT2D eigenvalue weighted by Gasteiger charge is 2.16. The van der Waals surface area contributed by atoms with Crippen LogP contribution in [0.15, 0.2) is 60.8 Å². The SMILES string of the molecule is CC(C)Oc1ccccc1Nc1ccc(NC(=O)c2c(F)cccc2Cl)cn1. The van der Waals surface area contributed by atoms with E-state index in [1.807, 2.05) is 38.1 Å². The molecule has 2 aromatic carbocycles. The number of nitrogens with zero attached hydrogens (tertiary/aromatic N) is 1. The average Bonchev–Trinajstić information content (AvgIpc) is 2.64. The number of hydrogen-bond acceptors (Lipinski definition) is 4. The summed E-state index contributed by atoms with van der Waals surface area (Å²) < 4.78 is 19.6. The molecule has 1 heterocycles. The first-order chi connectivity index (χ1) is 13.4. The van der Waals surface area contributed by atoms with E-state index in [0.29, 0.717) is 17.3 Å². The number of pyridine rings is 1. The van der Waals surface area contributed by atoms with Gasteiger partial charge in [0, 0.05) is 0 Å². The van der Waals surface area contributed by atoms with Gasteiger partial charge in [0.2, 0.25) is 0 Å². The predicted molar refractivity (Wildman–Crippen MR) is 109 cm³/mol. The third-order valence-corrected chi connectivity index (χ3v) is 4.04. The lowest BCUT2D eigenvalue weighted by atomic mass is 10.2. The van der Waals surface area contributed by atoms with Gasteiger partial charge in [0.15, 0.2) is 0 Å².